The quantitative estimate of drug-likeness (QED) is 0.185. The Labute approximate surface area is 342 Å². The highest BCUT2D eigenvalue weighted by Gasteiger charge is 2.57. The highest BCUT2D eigenvalue weighted by Crippen LogP contribution is 2.61. The van der Waals surface area contributed by atoms with Gasteiger partial charge in [-0.3, -0.25) is 19.3 Å². The molecule has 5 fully saturated rings. The number of rotatable bonds is 18. The van der Waals surface area contributed by atoms with Crippen molar-refractivity contribution in [2.24, 2.45) is 35.0 Å². The summed E-state index contributed by atoms with van der Waals surface area (Å²) < 4.78 is 6.13. The van der Waals surface area contributed by atoms with E-state index in [1.165, 1.54) is 19.3 Å². The molecule has 9 atom stereocenters. The first-order valence-corrected chi connectivity index (χ1v) is 21.6. The molecule has 7 rings (SSSR count). The first-order valence-electron chi connectivity index (χ1n) is 21.6. The molecular formula is C46H71N5O6. The number of para-hydroxylation sites is 1. The molecule has 2 aromatic carbocycles. The summed E-state index contributed by atoms with van der Waals surface area (Å²) in [6.45, 7) is 17.9. The third-order valence-electron chi connectivity index (χ3n) is 13.9. The number of carbonyl (C=O) groups excluding carboxylic acids is 2. The number of aliphatic hydroxyl groups excluding tert-OH is 2. The smallest absolute Gasteiger partial charge is 0.259 e. The second kappa shape index (κ2) is 18.9. The summed E-state index contributed by atoms with van der Waals surface area (Å²) in [7, 11) is 3.48. The van der Waals surface area contributed by atoms with E-state index in [4.69, 9.17) is 9.57 Å². The van der Waals surface area contributed by atoms with Crippen LogP contribution in [0.3, 0.4) is 0 Å². The Bertz CT molecular complexity index is 1640. The lowest BCUT2D eigenvalue weighted by molar-refractivity contribution is -0.183. The fourth-order valence-corrected chi connectivity index (χ4v) is 10.4. The SMILES string of the molecule is CC(C)C[C@@H](CN1CCCC1)N(Cc1cccc(CN2O[C@@H](CO)[C@@H]([C@H](C)O)[C@H]2C(=O)N[C@H]2C[C@@H]3C[C@H]([C@@H]2C)C3(C)C)c1)Cc1ccccc1OCC(=O)N(C)C. The van der Waals surface area contributed by atoms with Crippen LogP contribution in [0.15, 0.2) is 48.5 Å². The molecule has 5 aliphatic rings. The molecule has 57 heavy (non-hydrogen) atoms. The number of aliphatic hydroxyl groups is 2. The van der Waals surface area contributed by atoms with Crippen LogP contribution in [0.2, 0.25) is 0 Å². The molecule has 2 aliphatic heterocycles. The van der Waals surface area contributed by atoms with E-state index in [2.05, 4.69) is 80.1 Å². The van der Waals surface area contributed by atoms with Crippen molar-refractivity contribution in [3.8, 4) is 5.75 Å². The van der Waals surface area contributed by atoms with E-state index >= 15 is 0 Å². The molecule has 0 unspecified atom stereocenters. The van der Waals surface area contributed by atoms with Gasteiger partial charge in [0, 0.05) is 57.3 Å². The summed E-state index contributed by atoms with van der Waals surface area (Å²) in [6.07, 6.45) is 4.16. The van der Waals surface area contributed by atoms with Crippen molar-refractivity contribution in [1.82, 2.24) is 25.1 Å². The maximum atomic E-state index is 14.3. The van der Waals surface area contributed by atoms with Gasteiger partial charge in [0.15, 0.2) is 6.61 Å². The fraction of sp³-hybridized carbons (Fsp3) is 0.696. The highest BCUT2D eigenvalue weighted by molar-refractivity contribution is 5.83. The summed E-state index contributed by atoms with van der Waals surface area (Å²) in [5.41, 5.74) is 3.49. The Morgan fingerprint density at radius 3 is 2.39 bits per heavy atom. The average molecular weight is 790 g/mol. The normalized spacial score (nSPS) is 28.3. The molecule has 11 nitrogen and oxygen atoms in total. The van der Waals surface area contributed by atoms with Crippen LogP contribution >= 0.6 is 0 Å². The van der Waals surface area contributed by atoms with Gasteiger partial charge in [0.2, 0.25) is 5.91 Å². The van der Waals surface area contributed by atoms with Gasteiger partial charge in [0.1, 0.15) is 17.9 Å². The number of amides is 2. The standard InChI is InChI=1S/C46H71N5O6/c1-30(2)20-37(27-49-18-11-12-19-49)50(26-35-16-9-10-17-40(35)56-29-42(54)48(7)8)24-33-14-13-15-34(21-33)25-51-44(43(32(4)53)41(28-52)57-51)45(55)47-39-23-36-22-38(31(39)3)46(36,5)6/h9-10,13-17,21,30-32,36-39,41,43-44,52-53H,11-12,18-20,22-29H2,1-8H3,(H,47,55)/t31-,32-,36-,37-,38+,39-,41-,43+,44-/m0/s1. The molecule has 2 heterocycles. The second-order valence-electron chi connectivity index (χ2n) is 18.9. The highest BCUT2D eigenvalue weighted by atomic mass is 16.7. The molecule has 0 aromatic heterocycles. The predicted molar refractivity (Wildman–Crippen MR) is 223 cm³/mol. The van der Waals surface area contributed by atoms with Gasteiger partial charge in [-0.2, -0.15) is 5.06 Å². The zero-order valence-corrected chi connectivity index (χ0v) is 35.9. The topological polar surface area (TPSA) is 118 Å². The molecule has 0 radical (unpaired) electrons. The molecule has 316 valence electrons. The number of nitrogens with one attached hydrogen (secondary N) is 1. The number of hydrogen-bond acceptors (Lipinski definition) is 9. The predicted octanol–water partition coefficient (Wildman–Crippen LogP) is 5.33. The van der Waals surface area contributed by atoms with Crippen LogP contribution in [0.5, 0.6) is 5.75 Å². The van der Waals surface area contributed by atoms with E-state index in [9.17, 15) is 19.8 Å². The van der Waals surface area contributed by atoms with Crippen molar-refractivity contribution in [1.29, 1.82) is 0 Å². The largest absolute Gasteiger partial charge is 0.483 e. The van der Waals surface area contributed by atoms with Gasteiger partial charge in [-0.25, -0.2) is 0 Å². The number of benzene rings is 2. The maximum Gasteiger partial charge on any atom is 0.259 e. The zero-order valence-electron chi connectivity index (χ0n) is 35.9. The van der Waals surface area contributed by atoms with Gasteiger partial charge in [0.25, 0.3) is 5.91 Å². The summed E-state index contributed by atoms with van der Waals surface area (Å²) >= 11 is 0. The first-order chi connectivity index (χ1) is 27.2. The lowest BCUT2D eigenvalue weighted by Crippen LogP contribution is -2.62. The molecule has 2 aromatic rings. The van der Waals surface area contributed by atoms with E-state index in [0.717, 1.165) is 54.9 Å². The molecule has 0 spiro atoms. The van der Waals surface area contributed by atoms with Gasteiger partial charge < -0.3 is 30.1 Å². The van der Waals surface area contributed by atoms with Gasteiger partial charge in [-0.15, -0.1) is 0 Å². The van der Waals surface area contributed by atoms with E-state index in [1.807, 2.05) is 18.2 Å². The third-order valence-corrected chi connectivity index (χ3v) is 13.9. The van der Waals surface area contributed by atoms with Crippen LogP contribution in [0.1, 0.15) is 90.3 Å². The number of likely N-dealkylation sites (N-methyl/N-ethyl adjacent to an activating group) is 1. The van der Waals surface area contributed by atoms with Crippen LogP contribution in [0.4, 0.5) is 0 Å². The van der Waals surface area contributed by atoms with Crippen molar-refractivity contribution < 1.29 is 29.4 Å². The Morgan fingerprint density at radius 1 is 1.02 bits per heavy atom. The minimum Gasteiger partial charge on any atom is -0.483 e. The Kier molecular flexibility index (Phi) is 14.4. The molecule has 11 heteroatoms. The summed E-state index contributed by atoms with van der Waals surface area (Å²) in [4.78, 5) is 39.8. The molecule has 2 saturated heterocycles. The van der Waals surface area contributed by atoms with Crippen molar-refractivity contribution in [2.75, 3.05) is 46.9 Å². The zero-order chi connectivity index (χ0) is 41.0. The van der Waals surface area contributed by atoms with Gasteiger partial charge in [0.05, 0.1) is 19.3 Å². The second-order valence-corrected chi connectivity index (χ2v) is 18.9. The molecular weight excluding hydrogens is 719 g/mol. The van der Waals surface area contributed by atoms with Crippen molar-refractivity contribution in [3.05, 3.63) is 65.2 Å². The van der Waals surface area contributed by atoms with E-state index in [-0.39, 0.29) is 37.1 Å². The van der Waals surface area contributed by atoms with E-state index < -0.39 is 24.2 Å². The number of hydroxylamine groups is 2. The maximum absolute atomic E-state index is 14.3. The molecule has 3 N–H and O–H groups in total. The number of carbonyl (C=O) groups is 2. The minimum atomic E-state index is -0.847. The molecule has 2 amide bonds. The van der Waals surface area contributed by atoms with E-state index in [1.54, 1.807) is 31.0 Å². The number of likely N-dealkylation sites (tertiary alicyclic amines) is 1. The minimum absolute atomic E-state index is 0.0151. The number of nitrogens with zero attached hydrogens (tertiary/aromatic N) is 4. The van der Waals surface area contributed by atoms with Crippen LogP contribution in [-0.2, 0) is 34.1 Å². The van der Waals surface area contributed by atoms with E-state index in [0.29, 0.717) is 48.7 Å². The van der Waals surface area contributed by atoms with Crippen LogP contribution in [0.25, 0.3) is 0 Å². The first kappa shape index (κ1) is 43.5. The Hall–Kier alpha value is -3.06. The summed E-state index contributed by atoms with van der Waals surface area (Å²) in [5.74, 6) is 1.98. The number of ether oxygens (including phenoxy) is 1. The lowest BCUT2D eigenvalue weighted by atomic mass is 9.45. The van der Waals surface area contributed by atoms with Crippen LogP contribution in [0, 0.1) is 35.0 Å². The monoisotopic (exact) mass is 790 g/mol. The van der Waals surface area contributed by atoms with Gasteiger partial charge in [-0.05, 0) is 98.4 Å². The van der Waals surface area contributed by atoms with Gasteiger partial charge in [-0.1, -0.05) is 77.1 Å². The summed E-state index contributed by atoms with van der Waals surface area (Å²) in [5, 5.41) is 26.5. The molecule has 3 aliphatic carbocycles. The molecule has 3 saturated carbocycles. The fourth-order valence-electron chi connectivity index (χ4n) is 10.4. The van der Waals surface area contributed by atoms with Crippen LogP contribution < -0.4 is 10.1 Å². The Morgan fingerprint density at radius 2 is 1.74 bits per heavy atom. The number of hydrogen-bond donors (Lipinski definition) is 3. The van der Waals surface area contributed by atoms with Gasteiger partial charge >= 0.3 is 0 Å². The lowest BCUT2D eigenvalue weighted by Gasteiger charge is -2.62. The number of fused-ring (bicyclic) bond motifs is 2. The van der Waals surface area contributed by atoms with Crippen LogP contribution in [-0.4, -0.2) is 119 Å². The average Bonchev–Trinajstić information content (AvgIpc) is 3.82. The third kappa shape index (κ3) is 10.2. The molecule has 2 bridgehead atoms. The van der Waals surface area contributed by atoms with Crippen molar-refractivity contribution in [3.63, 3.8) is 0 Å². The van der Waals surface area contributed by atoms with Crippen molar-refractivity contribution in [2.45, 2.75) is 124 Å². The summed E-state index contributed by atoms with van der Waals surface area (Å²) in [6, 6.07) is 16.2. The van der Waals surface area contributed by atoms with Crippen molar-refractivity contribution >= 4 is 11.8 Å². The Balaban J connectivity index is 1.23.